The van der Waals surface area contributed by atoms with Gasteiger partial charge in [-0.2, -0.15) is 13.2 Å². The van der Waals surface area contributed by atoms with Crippen LogP contribution in [-0.2, 0) is 6.18 Å². The Bertz CT molecular complexity index is 673. The summed E-state index contributed by atoms with van der Waals surface area (Å²) in [7, 11) is 0. The zero-order chi connectivity index (χ0) is 17.1. The first-order valence-corrected chi connectivity index (χ1v) is 8.70. The number of aromatic nitrogens is 1. The van der Waals surface area contributed by atoms with Crippen LogP contribution in [0.5, 0.6) is 0 Å². The molecule has 0 saturated heterocycles. The number of amides is 1. The number of hydrogen-bond donors (Lipinski definition) is 1. The molecule has 1 heterocycles. The van der Waals surface area contributed by atoms with E-state index in [1.165, 1.54) is 38.7 Å². The van der Waals surface area contributed by atoms with E-state index in [1.54, 1.807) is 0 Å². The third-order valence-electron chi connectivity index (χ3n) is 6.37. The number of nitrogens with zero attached hydrogens (tertiary/aromatic N) is 1. The van der Waals surface area contributed by atoms with Gasteiger partial charge >= 0.3 is 6.18 Å². The van der Waals surface area contributed by atoms with Crippen molar-refractivity contribution < 1.29 is 18.0 Å². The largest absolute Gasteiger partial charge is 0.433 e. The van der Waals surface area contributed by atoms with E-state index in [1.807, 2.05) is 0 Å². The van der Waals surface area contributed by atoms with Crippen molar-refractivity contribution in [1.29, 1.82) is 0 Å². The Hall–Kier alpha value is -1.59. The predicted molar refractivity (Wildman–Crippen MR) is 82.3 cm³/mol. The van der Waals surface area contributed by atoms with E-state index in [2.05, 4.69) is 10.3 Å². The standard InChI is InChI=1S/C18H21F3N2O/c1-9-11(5-6-16(22-9)18(19,20)21)17(24)23-15-8-10-7-14(15)13-4-2-3-12(10)13/h5-6,10,12-15H,2-4,7-8H2,1H3,(H,23,24)/t10-,12+,13+,14+,15-/m1/s1. The van der Waals surface area contributed by atoms with E-state index >= 15 is 0 Å². The number of pyridine rings is 1. The van der Waals surface area contributed by atoms with Gasteiger partial charge in [-0.15, -0.1) is 0 Å². The molecule has 3 saturated carbocycles. The van der Waals surface area contributed by atoms with Crippen LogP contribution in [0.4, 0.5) is 13.2 Å². The summed E-state index contributed by atoms with van der Waals surface area (Å²) < 4.78 is 38.1. The van der Waals surface area contributed by atoms with E-state index in [-0.39, 0.29) is 23.2 Å². The molecule has 0 aromatic carbocycles. The highest BCUT2D eigenvalue weighted by Crippen LogP contribution is 2.58. The predicted octanol–water partition coefficient (Wildman–Crippen LogP) is 3.96. The summed E-state index contributed by atoms with van der Waals surface area (Å²) in [5.74, 6) is 2.56. The molecule has 24 heavy (non-hydrogen) atoms. The van der Waals surface area contributed by atoms with Gasteiger partial charge in [-0.1, -0.05) is 6.42 Å². The van der Waals surface area contributed by atoms with Crippen LogP contribution >= 0.6 is 0 Å². The van der Waals surface area contributed by atoms with E-state index in [0.717, 1.165) is 30.2 Å². The minimum atomic E-state index is -4.48. The molecule has 0 spiro atoms. The van der Waals surface area contributed by atoms with Gasteiger partial charge in [-0.3, -0.25) is 4.79 Å². The van der Waals surface area contributed by atoms with Gasteiger partial charge in [-0.05, 0) is 68.4 Å². The van der Waals surface area contributed by atoms with E-state index in [4.69, 9.17) is 0 Å². The third-order valence-corrected chi connectivity index (χ3v) is 6.37. The molecule has 4 rings (SSSR count). The van der Waals surface area contributed by atoms with Crippen molar-refractivity contribution >= 4 is 5.91 Å². The molecule has 6 heteroatoms. The molecule has 3 fully saturated rings. The molecule has 3 nitrogen and oxygen atoms in total. The quantitative estimate of drug-likeness (QED) is 0.887. The zero-order valence-electron chi connectivity index (χ0n) is 13.6. The number of carbonyl (C=O) groups excluding carboxylic acids is 1. The smallest absolute Gasteiger partial charge is 0.349 e. The fraction of sp³-hybridized carbons (Fsp3) is 0.667. The Morgan fingerprint density at radius 3 is 2.62 bits per heavy atom. The number of hydrogen-bond acceptors (Lipinski definition) is 2. The molecule has 2 bridgehead atoms. The van der Waals surface area contributed by atoms with Crippen LogP contribution in [-0.4, -0.2) is 16.9 Å². The Morgan fingerprint density at radius 1 is 1.17 bits per heavy atom. The van der Waals surface area contributed by atoms with Gasteiger partial charge < -0.3 is 5.32 Å². The molecule has 1 N–H and O–H groups in total. The minimum Gasteiger partial charge on any atom is -0.349 e. The lowest BCUT2D eigenvalue weighted by Gasteiger charge is -2.32. The molecule has 1 amide bonds. The van der Waals surface area contributed by atoms with Gasteiger partial charge in [0, 0.05) is 6.04 Å². The molecule has 0 radical (unpaired) electrons. The first-order chi connectivity index (χ1) is 11.3. The summed E-state index contributed by atoms with van der Waals surface area (Å²) in [4.78, 5) is 16.1. The number of alkyl halides is 3. The maximum atomic E-state index is 12.7. The van der Waals surface area contributed by atoms with Crippen LogP contribution in [0.15, 0.2) is 12.1 Å². The van der Waals surface area contributed by atoms with Gasteiger partial charge in [0.1, 0.15) is 5.69 Å². The molecule has 130 valence electrons. The summed E-state index contributed by atoms with van der Waals surface area (Å²) in [5.41, 5.74) is -0.580. The van der Waals surface area contributed by atoms with Crippen molar-refractivity contribution in [1.82, 2.24) is 10.3 Å². The average Bonchev–Trinajstić information content (AvgIpc) is 3.18. The zero-order valence-corrected chi connectivity index (χ0v) is 13.6. The van der Waals surface area contributed by atoms with Crippen molar-refractivity contribution in [2.45, 2.75) is 51.2 Å². The number of nitrogens with one attached hydrogen (secondary N) is 1. The number of carbonyl (C=O) groups is 1. The second-order valence-electron chi connectivity index (χ2n) is 7.56. The number of rotatable bonds is 2. The van der Waals surface area contributed by atoms with Gasteiger partial charge in [0.15, 0.2) is 0 Å². The van der Waals surface area contributed by atoms with Gasteiger partial charge in [-0.25, -0.2) is 4.98 Å². The Balaban J connectivity index is 1.47. The molecule has 3 aliphatic rings. The maximum Gasteiger partial charge on any atom is 0.433 e. The molecular weight excluding hydrogens is 317 g/mol. The van der Waals surface area contributed by atoms with Crippen LogP contribution < -0.4 is 5.32 Å². The highest BCUT2D eigenvalue weighted by molar-refractivity contribution is 5.95. The lowest BCUT2D eigenvalue weighted by atomic mass is 9.79. The minimum absolute atomic E-state index is 0.129. The lowest BCUT2D eigenvalue weighted by Crippen LogP contribution is -2.42. The van der Waals surface area contributed by atoms with Crippen LogP contribution in [0, 0.1) is 30.6 Å². The van der Waals surface area contributed by atoms with E-state index in [0.29, 0.717) is 5.92 Å². The van der Waals surface area contributed by atoms with Crippen LogP contribution in [0.2, 0.25) is 0 Å². The molecule has 0 aliphatic heterocycles. The lowest BCUT2D eigenvalue weighted by molar-refractivity contribution is -0.141. The SMILES string of the molecule is Cc1nc(C(F)(F)F)ccc1C(=O)N[C@@H]1C[C@H]2C[C@H]1[C@H]1CCC[C@@H]21. The summed E-state index contributed by atoms with van der Waals surface area (Å²) in [6, 6.07) is 2.30. The Kier molecular flexibility index (Phi) is 3.62. The molecule has 5 atom stereocenters. The highest BCUT2D eigenvalue weighted by atomic mass is 19.4. The van der Waals surface area contributed by atoms with Crippen molar-refractivity contribution in [3.8, 4) is 0 Å². The fourth-order valence-corrected chi connectivity index (χ4v) is 5.44. The normalized spacial score (nSPS) is 34.4. The van der Waals surface area contributed by atoms with Gasteiger partial charge in [0.25, 0.3) is 5.91 Å². The second kappa shape index (κ2) is 5.46. The first-order valence-electron chi connectivity index (χ1n) is 8.70. The van der Waals surface area contributed by atoms with E-state index in [9.17, 15) is 18.0 Å². The van der Waals surface area contributed by atoms with Crippen LogP contribution in [0.25, 0.3) is 0 Å². The summed E-state index contributed by atoms with van der Waals surface area (Å²) >= 11 is 0. The van der Waals surface area contributed by atoms with Gasteiger partial charge in [0.2, 0.25) is 0 Å². The molecular formula is C18H21F3N2O. The average molecular weight is 338 g/mol. The van der Waals surface area contributed by atoms with E-state index < -0.39 is 11.9 Å². The summed E-state index contributed by atoms with van der Waals surface area (Å²) in [6.07, 6.45) is 1.62. The fourth-order valence-electron chi connectivity index (χ4n) is 5.44. The van der Waals surface area contributed by atoms with Crippen molar-refractivity contribution in [3.05, 3.63) is 29.1 Å². The molecule has 3 aliphatic carbocycles. The Labute approximate surface area is 139 Å². The number of fused-ring (bicyclic) bond motifs is 5. The van der Waals surface area contributed by atoms with Crippen LogP contribution in [0.3, 0.4) is 0 Å². The number of halogens is 3. The second-order valence-corrected chi connectivity index (χ2v) is 7.56. The van der Waals surface area contributed by atoms with Gasteiger partial charge in [0.05, 0.1) is 11.3 Å². The molecule has 0 unspecified atom stereocenters. The van der Waals surface area contributed by atoms with Crippen molar-refractivity contribution in [2.24, 2.45) is 23.7 Å². The highest BCUT2D eigenvalue weighted by Gasteiger charge is 2.54. The molecule has 1 aromatic heterocycles. The molecule has 1 aromatic rings. The van der Waals surface area contributed by atoms with Crippen molar-refractivity contribution in [2.75, 3.05) is 0 Å². The number of aryl methyl sites for hydroxylation is 1. The monoisotopic (exact) mass is 338 g/mol. The third kappa shape index (κ3) is 2.50. The summed E-state index contributed by atoms with van der Waals surface area (Å²) in [6.45, 7) is 1.46. The topological polar surface area (TPSA) is 42.0 Å². The Morgan fingerprint density at radius 2 is 1.92 bits per heavy atom. The first kappa shape index (κ1) is 15.9. The van der Waals surface area contributed by atoms with Crippen LogP contribution in [0.1, 0.15) is 53.8 Å². The summed E-state index contributed by atoms with van der Waals surface area (Å²) in [5, 5.41) is 3.08. The maximum absolute atomic E-state index is 12.7. The van der Waals surface area contributed by atoms with Crippen molar-refractivity contribution in [3.63, 3.8) is 0 Å².